The van der Waals surface area contributed by atoms with Crippen molar-refractivity contribution < 1.29 is 0 Å². The molecule has 0 saturated heterocycles. The van der Waals surface area contributed by atoms with E-state index < -0.39 is 0 Å². The molecule has 0 unspecified atom stereocenters. The maximum absolute atomic E-state index is 4.49. The van der Waals surface area contributed by atoms with Crippen molar-refractivity contribution in [3.05, 3.63) is 65.7 Å². The van der Waals surface area contributed by atoms with Crippen molar-refractivity contribution in [2.45, 2.75) is 44.0 Å². The Balaban J connectivity index is 1.95. The zero-order valence-corrected chi connectivity index (χ0v) is 16.7. The van der Waals surface area contributed by atoms with E-state index in [-0.39, 0.29) is 4.75 Å². The fourth-order valence-electron chi connectivity index (χ4n) is 2.30. The summed E-state index contributed by atoms with van der Waals surface area (Å²) in [6.07, 6.45) is 0. The molecule has 0 spiro atoms. The highest BCUT2D eigenvalue weighted by atomic mass is 33.1. The van der Waals surface area contributed by atoms with Crippen LogP contribution in [0.4, 0.5) is 0 Å². The third-order valence-corrected chi connectivity index (χ3v) is 6.93. The average molecular weight is 370 g/mol. The minimum atomic E-state index is 0.164. The van der Waals surface area contributed by atoms with Crippen molar-refractivity contribution in [2.75, 3.05) is 0 Å². The summed E-state index contributed by atoms with van der Waals surface area (Å²) in [7, 11) is 3.60. The molecular formula is C20H23N3S2. The van der Waals surface area contributed by atoms with Crippen LogP contribution in [0.3, 0.4) is 0 Å². The normalized spacial score (nSPS) is 11.7. The van der Waals surface area contributed by atoms with Crippen LogP contribution in [0.15, 0.2) is 59.6 Å². The Bertz CT molecular complexity index is 818. The van der Waals surface area contributed by atoms with Crippen LogP contribution in [0.2, 0.25) is 0 Å². The second-order valence-electron chi connectivity index (χ2n) is 7.03. The van der Waals surface area contributed by atoms with E-state index in [1.165, 1.54) is 11.1 Å². The second-order valence-corrected chi connectivity index (χ2v) is 9.98. The molecule has 0 amide bonds. The molecule has 0 radical (unpaired) electrons. The third-order valence-electron chi connectivity index (χ3n) is 3.56. The molecule has 0 aliphatic rings. The molecule has 0 atom stereocenters. The number of aryl methyl sites for hydroxylation is 1. The van der Waals surface area contributed by atoms with Gasteiger partial charge in [0.2, 0.25) is 0 Å². The van der Waals surface area contributed by atoms with Crippen molar-refractivity contribution in [3.8, 4) is 11.3 Å². The van der Waals surface area contributed by atoms with Crippen LogP contribution in [0.1, 0.15) is 31.9 Å². The van der Waals surface area contributed by atoms with E-state index in [2.05, 4.69) is 86.5 Å². The monoisotopic (exact) mass is 369 g/mol. The summed E-state index contributed by atoms with van der Waals surface area (Å²) in [5.41, 5.74) is 4.55. The highest BCUT2D eigenvalue weighted by Gasteiger charge is 2.20. The lowest BCUT2D eigenvalue weighted by molar-refractivity contribution is 0.605. The number of nitrogens with zero attached hydrogens (tertiary/aromatic N) is 3. The summed E-state index contributed by atoms with van der Waals surface area (Å²) < 4.78 is 2.17. The Labute approximate surface area is 157 Å². The second kappa shape index (κ2) is 7.67. The van der Waals surface area contributed by atoms with Gasteiger partial charge in [-0.25, -0.2) is 4.68 Å². The van der Waals surface area contributed by atoms with Gasteiger partial charge in [-0.05, 0) is 23.3 Å². The molecule has 0 fully saturated rings. The Morgan fingerprint density at radius 2 is 1.64 bits per heavy atom. The summed E-state index contributed by atoms with van der Waals surface area (Å²) >= 11 is 0. The van der Waals surface area contributed by atoms with Gasteiger partial charge in [0.25, 0.3) is 0 Å². The first kappa shape index (κ1) is 18.1. The average Bonchev–Trinajstić information content (AvgIpc) is 2.96. The molecule has 25 heavy (non-hydrogen) atoms. The van der Waals surface area contributed by atoms with E-state index in [4.69, 9.17) is 0 Å². The molecule has 2 aromatic carbocycles. The van der Waals surface area contributed by atoms with Crippen LogP contribution in [0.25, 0.3) is 11.3 Å². The van der Waals surface area contributed by atoms with Gasteiger partial charge in [0.05, 0.1) is 6.54 Å². The zero-order valence-electron chi connectivity index (χ0n) is 15.1. The Kier molecular flexibility index (Phi) is 5.54. The molecule has 3 rings (SSSR count). The van der Waals surface area contributed by atoms with Crippen LogP contribution in [0, 0.1) is 6.92 Å². The Hall–Kier alpha value is -1.72. The molecule has 0 saturated carbocycles. The van der Waals surface area contributed by atoms with Gasteiger partial charge in [-0.2, -0.15) is 0 Å². The lowest BCUT2D eigenvalue weighted by Crippen LogP contribution is -2.06. The largest absolute Gasteiger partial charge is 0.233 e. The van der Waals surface area contributed by atoms with Crippen molar-refractivity contribution in [2.24, 2.45) is 0 Å². The van der Waals surface area contributed by atoms with Gasteiger partial charge in [-0.15, -0.1) is 5.10 Å². The number of aromatic nitrogens is 3. The highest BCUT2D eigenvalue weighted by Crippen LogP contribution is 2.43. The number of hydrogen-bond donors (Lipinski definition) is 0. The van der Waals surface area contributed by atoms with Gasteiger partial charge in [-0.3, -0.25) is 0 Å². The number of benzene rings is 2. The van der Waals surface area contributed by atoms with Gasteiger partial charge in [-0.1, -0.05) is 96.9 Å². The molecule has 0 bridgehead atoms. The molecule has 1 aromatic heterocycles. The van der Waals surface area contributed by atoms with Crippen molar-refractivity contribution in [1.29, 1.82) is 0 Å². The van der Waals surface area contributed by atoms with Gasteiger partial charge >= 0.3 is 0 Å². The molecule has 3 nitrogen and oxygen atoms in total. The van der Waals surface area contributed by atoms with Gasteiger partial charge in [0, 0.05) is 10.3 Å². The summed E-state index contributed by atoms with van der Waals surface area (Å²) in [6, 6.07) is 18.9. The van der Waals surface area contributed by atoms with E-state index in [0.29, 0.717) is 0 Å². The molecule has 0 N–H and O–H groups in total. The lowest BCUT2D eigenvalue weighted by Gasteiger charge is -2.17. The van der Waals surface area contributed by atoms with E-state index in [1.54, 1.807) is 10.8 Å². The quantitative estimate of drug-likeness (QED) is 0.529. The predicted octanol–water partition coefficient (Wildman–Crippen LogP) is 5.84. The smallest absolute Gasteiger partial charge is 0.133 e. The van der Waals surface area contributed by atoms with Crippen molar-refractivity contribution in [3.63, 3.8) is 0 Å². The number of hydrogen-bond acceptors (Lipinski definition) is 4. The maximum atomic E-state index is 4.49. The summed E-state index contributed by atoms with van der Waals surface area (Å²) in [4.78, 5) is 0. The van der Waals surface area contributed by atoms with Gasteiger partial charge in [0.15, 0.2) is 0 Å². The van der Waals surface area contributed by atoms with Gasteiger partial charge < -0.3 is 0 Å². The summed E-state index contributed by atoms with van der Waals surface area (Å²) in [5, 5.41) is 10.0. The molecular weight excluding hydrogens is 346 g/mol. The van der Waals surface area contributed by atoms with E-state index in [1.807, 2.05) is 21.5 Å². The van der Waals surface area contributed by atoms with Crippen LogP contribution in [-0.2, 0) is 6.54 Å². The predicted molar refractivity (Wildman–Crippen MR) is 109 cm³/mol. The first-order chi connectivity index (χ1) is 11.9. The fourth-order valence-corrected chi connectivity index (χ4v) is 4.54. The van der Waals surface area contributed by atoms with E-state index in [0.717, 1.165) is 22.8 Å². The highest BCUT2D eigenvalue weighted by molar-refractivity contribution is 8.77. The molecule has 0 aliphatic heterocycles. The minimum absolute atomic E-state index is 0.164. The first-order valence-corrected chi connectivity index (χ1v) is 10.5. The molecule has 0 aliphatic carbocycles. The van der Waals surface area contributed by atoms with Crippen molar-refractivity contribution in [1.82, 2.24) is 15.0 Å². The minimum Gasteiger partial charge on any atom is -0.233 e. The Morgan fingerprint density at radius 1 is 0.960 bits per heavy atom. The molecule has 1 heterocycles. The van der Waals surface area contributed by atoms with E-state index >= 15 is 0 Å². The molecule has 130 valence electrons. The topological polar surface area (TPSA) is 30.7 Å². The summed E-state index contributed by atoms with van der Waals surface area (Å²) in [5.74, 6) is 0. The maximum Gasteiger partial charge on any atom is 0.133 e. The van der Waals surface area contributed by atoms with Crippen LogP contribution < -0.4 is 0 Å². The van der Waals surface area contributed by atoms with Crippen molar-refractivity contribution >= 4 is 21.6 Å². The molecule has 5 heteroatoms. The SMILES string of the molecule is Cc1ccc(-c2nnn(Cc3ccccc3)c2SSC(C)(C)C)cc1. The zero-order chi connectivity index (χ0) is 17.9. The summed E-state index contributed by atoms with van der Waals surface area (Å²) in [6.45, 7) is 9.50. The lowest BCUT2D eigenvalue weighted by atomic mass is 10.1. The third kappa shape index (κ3) is 4.89. The first-order valence-electron chi connectivity index (χ1n) is 8.32. The van der Waals surface area contributed by atoms with Crippen LogP contribution in [-0.4, -0.2) is 19.7 Å². The van der Waals surface area contributed by atoms with Crippen LogP contribution in [0.5, 0.6) is 0 Å². The Morgan fingerprint density at radius 3 is 2.28 bits per heavy atom. The van der Waals surface area contributed by atoms with Crippen LogP contribution >= 0.6 is 21.6 Å². The van der Waals surface area contributed by atoms with E-state index in [9.17, 15) is 0 Å². The van der Waals surface area contributed by atoms with Gasteiger partial charge in [0.1, 0.15) is 10.7 Å². The fraction of sp³-hybridized carbons (Fsp3) is 0.300. The molecule has 3 aromatic rings. The number of rotatable bonds is 5. The standard InChI is InChI=1S/C20H23N3S2/c1-15-10-12-17(13-11-15)18-19(24-25-20(2,3)4)23(22-21-18)14-16-8-6-5-7-9-16/h5-13H,14H2,1-4H3.